The Morgan fingerprint density at radius 1 is 1.40 bits per heavy atom. The molecule has 3 heteroatoms. The third kappa shape index (κ3) is 2.40. The molecule has 0 spiro atoms. The SMILES string of the molecule is C=C(C)C(=O)OC1(C(C)(C)O)CCCC1. The van der Waals surface area contributed by atoms with E-state index in [2.05, 4.69) is 6.58 Å². The average Bonchev–Trinajstić information content (AvgIpc) is 2.52. The molecule has 0 aromatic rings. The standard InChI is InChI=1S/C12H20O3/c1-9(2)10(13)15-12(11(3,4)14)7-5-6-8-12/h14H,1,5-8H2,2-4H3. The number of carbonyl (C=O) groups is 1. The van der Waals surface area contributed by atoms with Crippen LogP contribution in [0.4, 0.5) is 0 Å². The molecule has 0 atom stereocenters. The predicted octanol–water partition coefficient (Wildman–Crippen LogP) is 2.19. The van der Waals surface area contributed by atoms with Gasteiger partial charge in [-0.3, -0.25) is 0 Å². The van der Waals surface area contributed by atoms with E-state index >= 15 is 0 Å². The molecular formula is C12H20O3. The van der Waals surface area contributed by atoms with Crippen molar-refractivity contribution in [2.45, 2.75) is 57.7 Å². The van der Waals surface area contributed by atoms with Crippen molar-refractivity contribution in [1.82, 2.24) is 0 Å². The van der Waals surface area contributed by atoms with Crippen LogP contribution in [0.3, 0.4) is 0 Å². The Bertz CT molecular complexity index is 267. The van der Waals surface area contributed by atoms with Crippen molar-refractivity contribution in [3.05, 3.63) is 12.2 Å². The van der Waals surface area contributed by atoms with Gasteiger partial charge in [-0.1, -0.05) is 6.58 Å². The normalized spacial score (nSPS) is 20.0. The molecule has 86 valence electrons. The summed E-state index contributed by atoms with van der Waals surface area (Å²) in [5, 5.41) is 10.1. The van der Waals surface area contributed by atoms with Crippen molar-refractivity contribution in [3.8, 4) is 0 Å². The van der Waals surface area contributed by atoms with E-state index in [-0.39, 0.29) is 0 Å². The minimum atomic E-state index is -0.991. The minimum absolute atomic E-state index is 0.380. The van der Waals surface area contributed by atoms with Gasteiger partial charge in [0.2, 0.25) is 0 Å². The lowest BCUT2D eigenvalue weighted by molar-refractivity contribution is -0.184. The van der Waals surface area contributed by atoms with Crippen molar-refractivity contribution < 1.29 is 14.6 Å². The van der Waals surface area contributed by atoms with E-state index in [0.717, 1.165) is 25.7 Å². The van der Waals surface area contributed by atoms with E-state index in [4.69, 9.17) is 4.74 Å². The van der Waals surface area contributed by atoms with Crippen LogP contribution in [-0.4, -0.2) is 22.3 Å². The van der Waals surface area contributed by atoms with Gasteiger partial charge in [0, 0.05) is 5.57 Å². The predicted molar refractivity (Wildman–Crippen MR) is 58.4 cm³/mol. The van der Waals surface area contributed by atoms with Gasteiger partial charge in [0.15, 0.2) is 0 Å². The summed E-state index contributed by atoms with van der Waals surface area (Å²) >= 11 is 0. The van der Waals surface area contributed by atoms with Crippen molar-refractivity contribution in [2.24, 2.45) is 0 Å². The first kappa shape index (κ1) is 12.2. The lowest BCUT2D eigenvalue weighted by Gasteiger charge is -2.39. The van der Waals surface area contributed by atoms with Gasteiger partial charge in [0.25, 0.3) is 0 Å². The van der Waals surface area contributed by atoms with Crippen molar-refractivity contribution in [1.29, 1.82) is 0 Å². The molecule has 1 aliphatic carbocycles. The van der Waals surface area contributed by atoms with Crippen LogP contribution in [0.5, 0.6) is 0 Å². The van der Waals surface area contributed by atoms with E-state index in [1.54, 1.807) is 20.8 Å². The Kier molecular flexibility index (Phi) is 3.24. The topological polar surface area (TPSA) is 46.5 Å². The van der Waals surface area contributed by atoms with E-state index in [1.165, 1.54) is 0 Å². The first-order valence-electron chi connectivity index (χ1n) is 5.40. The Labute approximate surface area is 91.1 Å². The molecule has 1 fully saturated rings. The summed E-state index contributed by atoms with van der Waals surface area (Å²) in [6.07, 6.45) is 3.45. The Hall–Kier alpha value is -0.830. The molecule has 15 heavy (non-hydrogen) atoms. The van der Waals surface area contributed by atoms with Gasteiger partial charge < -0.3 is 9.84 Å². The molecule has 0 bridgehead atoms. The molecule has 1 N–H and O–H groups in total. The van der Waals surface area contributed by atoms with Crippen molar-refractivity contribution in [3.63, 3.8) is 0 Å². The molecule has 1 saturated carbocycles. The number of aliphatic hydroxyl groups is 1. The average molecular weight is 212 g/mol. The van der Waals surface area contributed by atoms with Gasteiger partial charge in [-0.05, 0) is 46.5 Å². The van der Waals surface area contributed by atoms with Crippen LogP contribution in [0, 0.1) is 0 Å². The van der Waals surface area contributed by atoms with Gasteiger partial charge in [-0.25, -0.2) is 4.79 Å². The molecule has 0 heterocycles. The van der Waals surface area contributed by atoms with Crippen LogP contribution in [-0.2, 0) is 9.53 Å². The monoisotopic (exact) mass is 212 g/mol. The quantitative estimate of drug-likeness (QED) is 0.576. The first-order valence-corrected chi connectivity index (χ1v) is 5.40. The molecule has 1 aliphatic rings. The third-order valence-corrected chi connectivity index (χ3v) is 3.16. The molecule has 0 unspecified atom stereocenters. The lowest BCUT2D eigenvalue weighted by Crippen LogP contribution is -2.51. The zero-order valence-electron chi connectivity index (χ0n) is 9.80. The van der Waals surface area contributed by atoms with Gasteiger partial charge in [-0.15, -0.1) is 0 Å². The molecular weight excluding hydrogens is 192 g/mol. The van der Waals surface area contributed by atoms with Crippen molar-refractivity contribution in [2.75, 3.05) is 0 Å². The zero-order valence-corrected chi connectivity index (χ0v) is 9.80. The van der Waals surface area contributed by atoms with Gasteiger partial charge in [-0.2, -0.15) is 0 Å². The second-order valence-electron chi connectivity index (χ2n) is 4.93. The minimum Gasteiger partial charge on any atom is -0.453 e. The molecule has 0 radical (unpaired) electrons. The summed E-state index contributed by atoms with van der Waals surface area (Å²) in [7, 11) is 0. The molecule has 1 rings (SSSR count). The molecule has 0 amide bonds. The number of rotatable bonds is 3. The van der Waals surface area contributed by atoms with Crippen LogP contribution < -0.4 is 0 Å². The molecule has 3 nitrogen and oxygen atoms in total. The number of carbonyl (C=O) groups excluding carboxylic acids is 1. The number of esters is 1. The fraction of sp³-hybridized carbons (Fsp3) is 0.750. The van der Waals surface area contributed by atoms with Crippen LogP contribution in [0.15, 0.2) is 12.2 Å². The first-order chi connectivity index (χ1) is 6.78. The largest absolute Gasteiger partial charge is 0.453 e. The van der Waals surface area contributed by atoms with Crippen LogP contribution in [0.2, 0.25) is 0 Å². The van der Waals surface area contributed by atoms with E-state index < -0.39 is 17.2 Å². The number of hydrogen-bond acceptors (Lipinski definition) is 3. The lowest BCUT2D eigenvalue weighted by atomic mass is 9.84. The maximum atomic E-state index is 11.5. The Morgan fingerprint density at radius 3 is 2.20 bits per heavy atom. The number of ether oxygens (including phenoxy) is 1. The van der Waals surface area contributed by atoms with Crippen LogP contribution in [0.25, 0.3) is 0 Å². The Morgan fingerprint density at radius 2 is 1.87 bits per heavy atom. The van der Waals surface area contributed by atoms with Gasteiger partial charge in [0.1, 0.15) is 5.60 Å². The van der Waals surface area contributed by atoms with E-state index in [1.807, 2.05) is 0 Å². The summed E-state index contributed by atoms with van der Waals surface area (Å²) in [5.41, 5.74) is -1.33. The summed E-state index contributed by atoms with van der Waals surface area (Å²) in [6, 6.07) is 0. The summed E-state index contributed by atoms with van der Waals surface area (Å²) < 4.78 is 5.44. The highest BCUT2D eigenvalue weighted by Gasteiger charge is 2.49. The smallest absolute Gasteiger partial charge is 0.333 e. The fourth-order valence-corrected chi connectivity index (χ4v) is 2.05. The van der Waals surface area contributed by atoms with Crippen LogP contribution in [0.1, 0.15) is 46.5 Å². The van der Waals surface area contributed by atoms with Crippen LogP contribution >= 0.6 is 0 Å². The highest BCUT2D eigenvalue weighted by Crippen LogP contribution is 2.41. The second-order valence-corrected chi connectivity index (χ2v) is 4.93. The van der Waals surface area contributed by atoms with Crippen molar-refractivity contribution >= 4 is 5.97 Å². The fourth-order valence-electron chi connectivity index (χ4n) is 2.05. The highest BCUT2D eigenvalue weighted by molar-refractivity contribution is 5.87. The Balaban J connectivity index is 2.84. The highest BCUT2D eigenvalue weighted by atomic mass is 16.6. The molecule has 0 saturated heterocycles. The van der Waals surface area contributed by atoms with Gasteiger partial charge >= 0.3 is 5.97 Å². The molecule has 0 aliphatic heterocycles. The number of hydrogen-bond donors (Lipinski definition) is 1. The van der Waals surface area contributed by atoms with Gasteiger partial charge in [0.05, 0.1) is 5.60 Å². The summed E-state index contributed by atoms with van der Waals surface area (Å²) in [5.74, 6) is -0.404. The van der Waals surface area contributed by atoms with E-state index in [9.17, 15) is 9.90 Å². The molecule has 0 aromatic heterocycles. The zero-order chi connectivity index (χ0) is 11.7. The van der Waals surface area contributed by atoms with E-state index in [0.29, 0.717) is 5.57 Å². The third-order valence-electron chi connectivity index (χ3n) is 3.16. The second kappa shape index (κ2) is 3.97. The summed E-state index contributed by atoms with van der Waals surface area (Å²) in [4.78, 5) is 11.5. The maximum absolute atomic E-state index is 11.5. The molecule has 0 aromatic carbocycles. The maximum Gasteiger partial charge on any atom is 0.333 e. The summed E-state index contributed by atoms with van der Waals surface area (Å²) in [6.45, 7) is 8.57.